The van der Waals surface area contributed by atoms with Crippen molar-refractivity contribution in [1.29, 1.82) is 0 Å². The molecule has 0 saturated carbocycles. The van der Waals surface area contributed by atoms with Gasteiger partial charge >= 0.3 is 0 Å². The maximum Gasteiger partial charge on any atom is 0.161 e. The lowest BCUT2D eigenvalue weighted by atomic mass is 10.1. The Kier molecular flexibility index (Phi) is 6.54. The van der Waals surface area contributed by atoms with Crippen molar-refractivity contribution in [3.8, 4) is 5.75 Å². The van der Waals surface area contributed by atoms with Crippen molar-refractivity contribution in [2.75, 3.05) is 19.6 Å². The van der Waals surface area contributed by atoms with Gasteiger partial charge in [-0.1, -0.05) is 12.1 Å². The molecule has 30 heavy (non-hydrogen) atoms. The molecule has 0 amide bonds. The third kappa shape index (κ3) is 4.76. The molecule has 1 aromatic heterocycles. The number of ketones is 1. The molecule has 1 aliphatic heterocycles. The van der Waals surface area contributed by atoms with E-state index in [9.17, 15) is 9.18 Å². The third-order valence-electron chi connectivity index (χ3n) is 5.75. The van der Waals surface area contributed by atoms with Crippen molar-refractivity contribution < 1.29 is 13.9 Å². The number of piperidine rings is 1. The summed E-state index contributed by atoms with van der Waals surface area (Å²) in [7, 11) is 0. The van der Waals surface area contributed by atoms with E-state index in [1.807, 2.05) is 24.4 Å². The van der Waals surface area contributed by atoms with Crippen LogP contribution in [-0.4, -0.2) is 41.0 Å². The summed E-state index contributed by atoms with van der Waals surface area (Å²) in [5.41, 5.74) is 1.87. The predicted octanol–water partition coefficient (Wildman–Crippen LogP) is 5.68. The Morgan fingerprint density at radius 3 is 2.57 bits per heavy atom. The summed E-state index contributed by atoms with van der Waals surface area (Å²) in [6.45, 7) is 5.51. The summed E-state index contributed by atoms with van der Waals surface area (Å²) in [5.74, 6) is 0.594. The zero-order valence-electron chi connectivity index (χ0n) is 17.1. The van der Waals surface area contributed by atoms with Crippen molar-refractivity contribution in [1.82, 2.24) is 9.47 Å². The van der Waals surface area contributed by atoms with Gasteiger partial charge in [0.05, 0.1) is 5.52 Å². The molecule has 4 rings (SSSR count). The average Bonchev–Trinajstić information content (AvgIpc) is 3.11. The highest BCUT2D eigenvalue weighted by Gasteiger charge is 2.20. The lowest BCUT2D eigenvalue weighted by molar-refractivity contribution is 0.0992. The predicted molar refractivity (Wildman–Crippen MR) is 121 cm³/mol. The number of Topliss-reactive ketones (excluding diaryl/α,β-unsaturated/α-hetero) is 1. The van der Waals surface area contributed by atoms with Crippen LogP contribution in [0.2, 0.25) is 0 Å². The zero-order chi connectivity index (χ0) is 21.1. The molecule has 0 unspecified atom stereocenters. The first kappa shape index (κ1) is 21.1. The topological polar surface area (TPSA) is 34.5 Å². The molecule has 158 valence electrons. The van der Waals surface area contributed by atoms with E-state index in [0.29, 0.717) is 0 Å². The third-order valence-corrected chi connectivity index (χ3v) is 6.39. The second-order valence-corrected chi connectivity index (χ2v) is 8.75. The van der Waals surface area contributed by atoms with Gasteiger partial charge in [0, 0.05) is 41.3 Å². The van der Waals surface area contributed by atoms with Crippen molar-refractivity contribution in [3.63, 3.8) is 0 Å². The molecule has 3 aromatic rings. The molecule has 1 aliphatic rings. The Morgan fingerprint density at radius 2 is 1.87 bits per heavy atom. The summed E-state index contributed by atoms with van der Waals surface area (Å²) in [6, 6.07) is 12.3. The molecule has 6 heteroatoms. The van der Waals surface area contributed by atoms with Gasteiger partial charge in [0.2, 0.25) is 0 Å². The summed E-state index contributed by atoms with van der Waals surface area (Å²) < 4.78 is 22.2. The summed E-state index contributed by atoms with van der Waals surface area (Å²) in [6.07, 6.45) is 5.15. The number of ether oxygens (including phenoxy) is 1. The molecule has 4 nitrogen and oxygen atoms in total. The second-order valence-electron chi connectivity index (χ2n) is 7.89. The fourth-order valence-electron chi connectivity index (χ4n) is 4.19. The van der Waals surface area contributed by atoms with Crippen LogP contribution in [-0.2, 0) is 6.54 Å². The SMILES string of the molecule is CC(=O)c1cn(CCCN2CCC(Oc3ccc(F)cc3)CC2)c2c(Br)cccc12. The minimum absolute atomic E-state index is 0.0973. The maximum atomic E-state index is 13.0. The van der Waals surface area contributed by atoms with Gasteiger partial charge in [-0.2, -0.15) is 0 Å². The Bertz CT molecular complexity index is 1020. The number of aryl methyl sites for hydroxylation is 1. The molecule has 1 fully saturated rings. The van der Waals surface area contributed by atoms with Gasteiger partial charge in [-0.05, 0) is 79.0 Å². The van der Waals surface area contributed by atoms with Gasteiger partial charge in [0.1, 0.15) is 17.7 Å². The number of para-hydroxylation sites is 1. The number of fused-ring (bicyclic) bond motifs is 1. The number of benzene rings is 2. The first-order valence-corrected chi connectivity index (χ1v) is 11.2. The van der Waals surface area contributed by atoms with Gasteiger partial charge in [-0.3, -0.25) is 4.79 Å². The number of nitrogens with zero attached hydrogens (tertiary/aromatic N) is 2. The number of likely N-dealkylation sites (tertiary alicyclic amines) is 1. The van der Waals surface area contributed by atoms with Gasteiger partial charge in [-0.25, -0.2) is 4.39 Å². The Labute approximate surface area is 184 Å². The number of hydrogen-bond donors (Lipinski definition) is 0. The van der Waals surface area contributed by atoms with Crippen molar-refractivity contribution in [2.24, 2.45) is 0 Å². The van der Waals surface area contributed by atoms with Crippen LogP contribution in [0.4, 0.5) is 4.39 Å². The van der Waals surface area contributed by atoms with Crippen LogP contribution >= 0.6 is 15.9 Å². The Morgan fingerprint density at radius 1 is 1.13 bits per heavy atom. The van der Waals surface area contributed by atoms with Crippen LogP contribution < -0.4 is 4.74 Å². The van der Waals surface area contributed by atoms with Crippen LogP contribution in [0.3, 0.4) is 0 Å². The minimum atomic E-state index is -0.241. The number of aromatic nitrogens is 1. The number of carbonyl (C=O) groups is 1. The van der Waals surface area contributed by atoms with E-state index in [0.717, 1.165) is 72.1 Å². The fraction of sp³-hybridized carbons (Fsp3) is 0.375. The van der Waals surface area contributed by atoms with Gasteiger partial charge in [-0.15, -0.1) is 0 Å². The van der Waals surface area contributed by atoms with E-state index in [4.69, 9.17) is 4.74 Å². The average molecular weight is 473 g/mol. The van der Waals surface area contributed by atoms with Crippen molar-refractivity contribution in [2.45, 2.75) is 38.8 Å². The Hall–Kier alpha value is -2.18. The highest BCUT2D eigenvalue weighted by molar-refractivity contribution is 9.10. The molecule has 2 heterocycles. The number of hydrogen-bond acceptors (Lipinski definition) is 3. The normalized spacial score (nSPS) is 15.6. The standard InChI is InChI=1S/C24H26BrFN2O2/c1-17(29)22-16-28(24-21(22)4-2-5-23(24)25)13-3-12-27-14-10-20(11-15-27)30-19-8-6-18(26)7-9-19/h2,4-9,16,20H,3,10-15H2,1H3. The molecule has 0 N–H and O–H groups in total. The minimum Gasteiger partial charge on any atom is -0.490 e. The number of carbonyl (C=O) groups excluding carboxylic acids is 1. The lowest BCUT2D eigenvalue weighted by Gasteiger charge is -2.32. The molecule has 2 aromatic carbocycles. The smallest absolute Gasteiger partial charge is 0.161 e. The number of halogens is 2. The molecule has 0 spiro atoms. The molecule has 0 aliphatic carbocycles. The van der Waals surface area contributed by atoms with E-state index >= 15 is 0 Å². The van der Waals surface area contributed by atoms with Gasteiger partial charge in [0.25, 0.3) is 0 Å². The van der Waals surface area contributed by atoms with Gasteiger partial charge in [0.15, 0.2) is 5.78 Å². The largest absolute Gasteiger partial charge is 0.490 e. The van der Waals surface area contributed by atoms with Crippen LogP contribution in [0.15, 0.2) is 53.1 Å². The van der Waals surface area contributed by atoms with E-state index in [1.54, 1.807) is 19.1 Å². The highest BCUT2D eigenvalue weighted by Crippen LogP contribution is 2.29. The Balaban J connectivity index is 1.29. The first-order chi connectivity index (χ1) is 14.5. The monoisotopic (exact) mass is 472 g/mol. The zero-order valence-corrected chi connectivity index (χ0v) is 18.7. The van der Waals surface area contributed by atoms with Crippen LogP contribution in [0.1, 0.15) is 36.5 Å². The van der Waals surface area contributed by atoms with Crippen molar-refractivity contribution in [3.05, 3.63) is 64.5 Å². The van der Waals surface area contributed by atoms with Crippen LogP contribution in [0.25, 0.3) is 10.9 Å². The van der Waals surface area contributed by atoms with Gasteiger partial charge < -0.3 is 14.2 Å². The van der Waals surface area contributed by atoms with E-state index < -0.39 is 0 Å². The maximum absolute atomic E-state index is 13.0. The van der Waals surface area contributed by atoms with Crippen molar-refractivity contribution >= 4 is 32.6 Å². The van der Waals surface area contributed by atoms with Crippen LogP contribution in [0.5, 0.6) is 5.75 Å². The lowest BCUT2D eigenvalue weighted by Crippen LogP contribution is -2.38. The highest BCUT2D eigenvalue weighted by atomic mass is 79.9. The second kappa shape index (κ2) is 9.31. The van der Waals surface area contributed by atoms with Crippen LogP contribution in [0, 0.1) is 5.82 Å². The summed E-state index contributed by atoms with van der Waals surface area (Å²) in [5, 5.41) is 1.01. The molecule has 0 radical (unpaired) electrons. The molecule has 0 bridgehead atoms. The molecular weight excluding hydrogens is 447 g/mol. The number of rotatable bonds is 7. The van der Waals surface area contributed by atoms with E-state index in [2.05, 4.69) is 25.4 Å². The van der Waals surface area contributed by atoms with E-state index in [1.165, 1.54) is 12.1 Å². The summed E-state index contributed by atoms with van der Waals surface area (Å²) in [4.78, 5) is 14.5. The molecular formula is C24H26BrFN2O2. The quantitative estimate of drug-likeness (QED) is 0.414. The molecule has 0 atom stereocenters. The van der Waals surface area contributed by atoms with E-state index in [-0.39, 0.29) is 17.7 Å². The molecule has 1 saturated heterocycles. The first-order valence-electron chi connectivity index (χ1n) is 10.4. The fourth-order valence-corrected chi connectivity index (χ4v) is 4.79. The summed E-state index contributed by atoms with van der Waals surface area (Å²) >= 11 is 3.64.